The highest BCUT2D eigenvalue weighted by Gasteiger charge is 2.26. The van der Waals surface area contributed by atoms with Crippen molar-refractivity contribution >= 4 is 32.6 Å². The van der Waals surface area contributed by atoms with Crippen LogP contribution in [0.25, 0.3) is 10.2 Å². The lowest BCUT2D eigenvalue weighted by Crippen LogP contribution is -2.32. The van der Waals surface area contributed by atoms with Crippen molar-refractivity contribution in [1.82, 2.24) is 19.7 Å². The molecule has 0 spiro atoms. The van der Waals surface area contributed by atoms with Crippen molar-refractivity contribution in [3.8, 4) is 5.75 Å². The Labute approximate surface area is 172 Å². The van der Waals surface area contributed by atoms with Gasteiger partial charge in [-0.25, -0.2) is 4.98 Å². The van der Waals surface area contributed by atoms with E-state index >= 15 is 0 Å². The standard InChI is InChI=1S/C21H21N5O2S/c1-4-28-16-8-5-9-17-18(16)24-21(29-17)26(13-15-7-6-10-22-12-15)20(27)19-14(2)11-23-25(19)3/h5-12H,4,13H2,1-3H3. The number of hydrogen-bond donors (Lipinski definition) is 0. The number of ether oxygens (including phenoxy) is 1. The molecule has 0 saturated carbocycles. The Hall–Kier alpha value is -3.26. The summed E-state index contributed by atoms with van der Waals surface area (Å²) < 4.78 is 8.29. The van der Waals surface area contributed by atoms with Crippen molar-refractivity contribution in [2.24, 2.45) is 7.05 Å². The molecule has 0 bridgehead atoms. The molecular formula is C21H21N5O2S. The largest absolute Gasteiger partial charge is 0.492 e. The Morgan fingerprint density at radius 1 is 1.24 bits per heavy atom. The average Bonchev–Trinajstić information content (AvgIpc) is 3.30. The van der Waals surface area contributed by atoms with Crippen LogP contribution in [-0.4, -0.2) is 32.3 Å². The molecule has 4 aromatic rings. The summed E-state index contributed by atoms with van der Waals surface area (Å²) in [6, 6.07) is 9.63. The quantitative estimate of drug-likeness (QED) is 0.483. The fourth-order valence-electron chi connectivity index (χ4n) is 3.18. The van der Waals surface area contributed by atoms with E-state index < -0.39 is 0 Å². The fraction of sp³-hybridized carbons (Fsp3) is 0.238. The third kappa shape index (κ3) is 3.71. The number of hydrogen-bond acceptors (Lipinski definition) is 6. The second kappa shape index (κ2) is 8.00. The number of nitrogens with zero attached hydrogens (tertiary/aromatic N) is 5. The summed E-state index contributed by atoms with van der Waals surface area (Å²) in [5.74, 6) is 0.571. The van der Waals surface area contributed by atoms with Gasteiger partial charge in [-0.05, 0) is 43.2 Å². The number of thiazole rings is 1. The molecule has 0 saturated heterocycles. The van der Waals surface area contributed by atoms with Gasteiger partial charge in [-0.15, -0.1) is 0 Å². The molecule has 0 N–H and O–H groups in total. The van der Waals surface area contributed by atoms with Crippen LogP contribution in [0.3, 0.4) is 0 Å². The first-order chi connectivity index (χ1) is 14.1. The highest BCUT2D eigenvalue weighted by molar-refractivity contribution is 7.22. The van der Waals surface area contributed by atoms with Gasteiger partial charge in [0.2, 0.25) is 0 Å². The molecule has 3 aromatic heterocycles. The van der Waals surface area contributed by atoms with E-state index in [9.17, 15) is 4.79 Å². The van der Waals surface area contributed by atoms with Crippen molar-refractivity contribution in [3.63, 3.8) is 0 Å². The maximum Gasteiger partial charge on any atom is 0.278 e. The van der Waals surface area contributed by atoms with Crippen LogP contribution in [0, 0.1) is 6.92 Å². The normalized spacial score (nSPS) is 11.0. The summed E-state index contributed by atoms with van der Waals surface area (Å²) in [6.07, 6.45) is 5.17. The number of aromatic nitrogens is 4. The van der Waals surface area contributed by atoms with Gasteiger partial charge in [0, 0.05) is 19.4 Å². The van der Waals surface area contributed by atoms with Gasteiger partial charge in [0.15, 0.2) is 5.13 Å². The number of fused-ring (bicyclic) bond motifs is 1. The summed E-state index contributed by atoms with van der Waals surface area (Å²) >= 11 is 1.47. The summed E-state index contributed by atoms with van der Waals surface area (Å²) in [7, 11) is 1.77. The van der Waals surface area contributed by atoms with Crippen LogP contribution < -0.4 is 9.64 Å². The molecule has 7 nitrogen and oxygen atoms in total. The molecule has 0 aliphatic rings. The van der Waals surface area contributed by atoms with E-state index in [0.717, 1.165) is 27.1 Å². The lowest BCUT2D eigenvalue weighted by Gasteiger charge is -2.20. The highest BCUT2D eigenvalue weighted by Crippen LogP contribution is 2.35. The van der Waals surface area contributed by atoms with Crippen LogP contribution in [0.2, 0.25) is 0 Å². The number of amides is 1. The number of benzene rings is 1. The number of carbonyl (C=O) groups is 1. The minimum absolute atomic E-state index is 0.150. The smallest absolute Gasteiger partial charge is 0.278 e. The van der Waals surface area contributed by atoms with Gasteiger partial charge in [-0.1, -0.05) is 23.5 Å². The molecular weight excluding hydrogens is 386 g/mol. The lowest BCUT2D eigenvalue weighted by molar-refractivity contribution is 0.0975. The van der Waals surface area contributed by atoms with Gasteiger partial charge in [0.25, 0.3) is 5.91 Å². The topological polar surface area (TPSA) is 73.1 Å². The van der Waals surface area contributed by atoms with E-state index in [1.807, 2.05) is 44.2 Å². The van der Waals surface area contributed by atoms with E-state index in [-0.39, 0.29) is 5.91 Å². The SMILES string of the molecule is CCOc1cccc2sc(N(Cc3cccnc3)C(=O)c3c(C)cnn3C)nc12. The zero-order valence-corrected chi connectivity index (χ0v) is 17.3. The lowest BCUT2D eigenvalue weighted by atomic mass is 10.2. The first-order valence-corrected chi connectivity index (χ1v) is 10.1. The molecule has 0 unspecified atom stereocenters. The fourth-order valence-corrected chi connectivity index (χ4v) is 4.16. The second-order valence-corrected chi connectivity index (χ2v) is 7.59. The summed E-state index contributed by atoms with van der Waals surface area (Å²) in [6.45, 7) is 4.74. The average molecular weight is 407 g/mol. The van der Waals surface area contributed by atoms with Crippen molar-refractivity contribution in [1.29, 1.82) is 0 Å². The van der Waals surface area contributed by atoms with Gasteiger partial charge in [-0.2, -0.15) is 5.10 Å². The van der Waals surface area contributed by atoms with Crippen LogP contribution in [0.4, 0.5) is 5.13 Å². The van der Waals surface area contributed by atoms with Gasteiger partial charge < -0.3 is 4.74 Å². The number of aryl methyl sites for hydroxylation is 2. The molecule has 0 aliphatic carbocycles. The number of carbonyl (C=O) groups excluding carboxylic acids is 1. The predicted molar refractivity (Wildman–Crippen MR) is 113 cm³/mol. The maximum absolute atomic E-state index is 13.5. The number of para-hydroxylation sites is 1. The zero-order chi connectivity index (χ0) is 20.4. The van der Waals surface area contributed by atoms with Crippen molar-refractivity contribution in [3.05, 3.63) is 65.7 Å². The van der Waals surface area contributed by atoms with Crippen LogP contribution in [0.5, 0.6) is 5.75 Å². The summed E-state index contributed by atoms with van der Waals surface area (Å²) in [4.78, 5) is 24.1. The third-order valence-corrected chi connectivity index (χ3v) is 5.58. The predicted octanol–water partition coefficient (Wildman–Crippen LogP) is 3.98. The number of anilines is 1. The van der Waals surface area contributed by atoms with Crippen LogP contribution in [-0.2, 0) is 13.6 Å². The van der Waals surface area contributed by atoms with Crippen LogP contribution in [0.1, 0.15) is 28.5 Å². The van der Waals surface area contributed by atoms with Gasteiger partial charge in [0.05, 0.1) is 24.0 Å². The molecule has 29 heavy (non-hydrogen) atoms. The van der Waals surface area contributed by atoms with Crippen LogP contribution >= 0.6 is 11.3 Å². The van der Waals surface area contributed by atoms with Gasteiger partial charge in [-0.3, -0.25) is 19.4 Å². The van der Waals surface area contributed by atoms with Crippen molar-refractivity contribution in [2.45, 2.75) is 20.4 Å². The molecule has 4 rings (SSSR count). The Morgan fingerprint density at radius 2 is 2.10 bits per heavy atom. The van der Waals surface area contributed by atoms with E-state index in [4.69, 9.17) is 9.72 Å². The Morgan fingerprint density at radius 3 is 2.79 bits per heavy atom. The second-order valence-electron chi connectivity index (χ2n) is 6.58. The minimum atomic E-state index is -0.150. The molecule has 0 radical (unpaired) electrons. The molecule has 0 atom stereocenters. The molecule has 1 amide bonds. The summed E-state index contributed by atoms with van der Waals surface area (Å²) in [5.41, 5.74) is 3.05. The maximum atomic E-state index is 13.5. The van der Waals surface area contributed by atoms with E-state index in [0.29, 0.717) is 24.0 Å². The van der Waals surface area contributed by atoms with E-state index in [1.165, 1.54) is 11.3 Å². The van der Waals surface area contributed by atoms with E-state index in [1.54, 1.807) is 35.2 Å². The van der Waals surface area contributed by atoms with Crippen molar-refractivity contribution < 1.29 is 9.53 Å². The Balaban J connectivity index is 1.81. The van der Waals surface area contributed by atoms with Crippen LogP contribution in [0.15, 0.2) is 48.9 Å². The first-order valence-electron chi connectivity index (χ1n) is 9.30. The summed E-state index contributed by atoms with van der Waals surface area (Å²) in [5, 5.41) is 4.83. The molecule has 3 heterocycles. The Kier molecular flexibility index (Phi) is 5.26. The number of pyridine rings is 1. The molecule has 8 heteroatoms. The molecule has 0 aliphatic heterocycles. The molecule has 0 fully saturated rings. The highest BCUT2D eigenvalue weighted by atomic mass is 32.1. The third-order valence-electron chi connectivity index (χ3n) is 4.53. The Bertz CT molecular complexity index is 1130. The minimum Gasteiger partial charge on any atom is -0.492 e. The first kappa shape index (κ1) is 19.1. The van der Waals surface area contributed by atoms with Crippen molar-refractivity contribution in [2.75, 3.05) is 11.5 Å². The molecule has 1 aromatic carbocycles. The van der Waals surface area contributed by atoms with Gasteiger partial charge >= 0.3 is 0 Å². The molecule has 148 valence electrons. The monoisotopic (exact) mass is 407 g/mol. The van der Waals surface area contributed by atoms with E-state index in [2.05, 4.69) is 10.1 Å². The number of rotatable bonds is 6. The van der Waals surface area contributed by atoms with Gasteiger partial charge in [0.1, 0.15) is 17.0 Å². The zero-order valence-electron chi connectivity index (χ0n) is 16.5.